The van der Waals surface area contributed by atoms with Gasteiger partial charge in [0.1, 0.15) is 5.75 Å². The average molecular weight is 380 g/mol. The highest BCUT2D eigenvalue weighted by atomic mass is 16.5. The summed E-state index contributed by atoms with van der Waals surface area (Å²) in [6.07, 6.45) is 0.833. The van der Waals surface area contributed by atoms with Gasteiger partial charge < -0.3 is 15.0 Å². The van der Waals surface area contributed by atoms with Crippen molar-refractivity contribution in [3.8, 4) is 5.75 Å². The number of carbonyl (C=O) groups is 2. The summed E-state index contributed by atoms with van der Waals surface area (Å²) < 4.78 is 5.58. The standard InChI is InChI=1S/C23H28N2O3/c1-5-28-20-11-10-16-12-13-25(15-19(16)14-20)22(27)18-8-6-17(7-9-18)21(26)24-23(2,3)4/h6-11,14H,5,12-13,15H2,1-4H3,(H,24,26). The van der Waals surface area contributed by atoms with Crippen molar-refractivity contribution in [3.05, 3.63) is 64.7 Å². The first-order valence-electron chi connectivity index (χ1n) is 9.73. The minimum atomic E-state index is -0.299. The van der Waals surface area contributed by atoms with Crippen molar-refractivity contribution >= 4 is 11.8 Å². The lowest BCUT2D eigenvalue weighted by Gasteiger charge is -2.29. The van der Waals surface area contributed by atoms with Gasteiger partial charge in [0, 0.05) is 29.8 Å². The topological polar surface area (TPSA) is 58.6 Å². The van der Waals surface area contributed by atoms with Crippen molar-refractivity contribution in [2.24, 2.45) is 0 Å². The van der Waals surface area contributed by atoms with E-state index >= 15 is 0 Å². The molecule has 0 saturated carbocycles. The smallest absolute Gasteiger partial charge is 0.254 e. The predicted molar refractivity (Wildman–Crippen MR) is 110 cm³/mol. The first kappa shape index (κ1) is 19.9. The van der Waals surface area contributed by atoms with Crippen LogP contribution < -0.4 is 10.1 Å². The largest absolute Gasteiger partial charge is 0.494 e. The van der Waals surface area contributed by atoms with Gasteiger partial charge in [-0.05, 0) is 81.6 Å². The SMILES string of the molecule is CCOc1ccc2c(c1)CN(C(=O)c1ccc(C(=O)NC(C)(C)C)cc1)CC2. The third-order valence-electron chi connectivity index (χ3n) is 4.67. The molecule has 0 aliphatic carbocycles. The highest BCUT2D eigenvalue weighted by Gasteiger charge is 2.23. The van der Waals surface area contributed by atoms with Gasteiger partial charge in [-0.2, -0.15) is 0 Å². The molecule has 148 valence electrons. The van der Waals surface area contributed by atoms with Crippen molar-refractivity contribution in [1.29, 1.82) is 0 Å². The number of rotatable bonds is 4. The zero-order chi connectivity index (χ0) is 20.3. The Morgan fingerprint density at radius 2 is 1.71 bits per heavy atom. The fraction of sp³-hybridized carbons (Fsp3) is 0.391. The molecule has 2 amide bonds. The number of nitrogens with zero attached hydrogens (tertiary/aromatic N) is 1. The van der Waals surface area contributed by atoms with Crippen molar-refractivity contribution in [2.75, 3.05) is 13.2 Å². The van der Waals surface area contributed by atoms with E-state index in [4.69, 9.17) is 4.74 Å². The van der Waals surface area contributed by atoms with Crippen LogP contribution in [0.2, 0.25) is 0 Å². The fourth-order valence-corrected chi connectivity index (χ4v) is 3.32. The lowest BCUT2D eigenvalue weighted by atomic mass is 9.98. The molecule has 0 fully saturated rings. The maximum Gasteiger partial charge on any atom is 0.254 e. The van der Waals surface area contributed by atoms with Crippen LogP contribution in [0.5, 0.6) is 5.75 Å². The second-order valence-electron chi connectivity index (χ2n) is 8.12. The van der Waals surface area contributed by atoms with Crippen molar-refractivity contribution in [2.45, 2.75) is 46.2 Å². The zero-order valence-electron chi connectivity index (χ0n) is 17.0. The van der Waals surface area contributed by atoms with Crippen LogP contribution in [0.1, 0.15) is 59.5 Å². The summed E-state index contributed by atoms with van der Waals surface area (Å²) >= 11 is 0. The molecule has 1 heterocycles. The van der Waals surface area contributed by atoms with Crippen LogP contribution in [0.15, 0.2) is 42.5 Å². The Morgan fingerprint density at radius 1 is 1.04 bits per heavy atom. The summed E-state index contributed by atoms with van der Waals surface area (Å²) in [4.78, 5) is 27.0. The van der Waals surface area contributed by atoms with Gasteiger partial charge in [0.05, 0.1) is 6.61 Å². The van der Waals surface area contributed by atoms with Gasteiger partial charge in [-0.3, -0.25) is 9.59 Å². The molecular weight excluding hydrogens is 352 g/mol. The van der Waals surface area contributed by atoms with Crippen LogP contribution in [-0.2, 0) is 13.0 Å². The van der Waals surface area contributed by atoms with E-state index < -0.39 is 0 Å². The Bertz CT molecular complexity index is 866. The Kier molecular flexibility index (Phi) is 5.73. The van der Waals surface area contributed by atoms with E-state index in [0.29, 0.717) is 30.8 Å². The minimum Gasteiger partial charge on any atom is -0.494 e. The summed E-state index contributed by atoms with van der Waals surface area (Å²) in [5.41, 5.74) is 3.24. The lowest BCUT2D eigenvalue weighted by Crippen LogP contribution is -2.40. The van der Waals surface area contributed by atoms with Crippen LogP contribution in [0, 0.1) is 0 Å². The third kappa shape index (κ3) is 4.71. The predicted octanol–water partition coefficient (Wildman–Crippen LogP) is 3.81. The summed E-state index contributed by atoms with van der Waals surface area (Å²) in [6, 6.07) is 13.0. The molecule has 0 atom stereocenters. The van der Waals surface area contributed by atoms with Gasteiger partial charge in [0.15, 0.2) is 0 Å². The molecule has 0 radical (unpaired) electrons. The highest BCUT2D eigenvalue weighted by molar-refractivity contribution is 5.98. The van der Waals surface area contributed by atoms with Crippen molar-refractivity contribution in [1.82, 2.24) is 10.2 Å². The number of carbonyl (C=O) groups excluding carboxylic acids is 2. The molecular formula is C23H28N2O3. The Labute approximate surface area is 166 Å². The molecule has 2 aromatic rings. The first-order chi connectivity index (χ1) is 13.3. The number of hydrogen-bond acceptors (Lipinski definition) is 3. The van der Waals surface area contributed by atoms with Gasteiger partial charge in [0.25, 0.3) is 11.8 Å². The molecule has 5 nitrogen and oxygen atoms in total. The molecule has 1 aliphatic rings. The van der Waals surface area contributed by atoms with Gasteiger partial charge in [-0.25, -0.2) is 0 Å². The van der Waals surface area contributed by atoms with Gasteiger partial charge >= 0.3 is 0 Å². The maximum atomic E-state index is 12.9. The van der Waals surface area contributed by atoms with Crippen molar-refractivity contribution < 1.29 is 14.3 Å². The molecule has 2 aromatic carbocycles. The van der Waals surface area contributed by atoms with Crippen LogP contribution in [-0.4, -0.2) is 35.4 Å². The number of hydrogen-bond donors (Lipinski definition) is 1. The Morgan fingerprint density at radius 3 is 2.36 bits per heavy atom. The number of ether oxygens (including phenoxy) is 1. The second kappa shape index (κ2) is 8.05. The van der Waals surface area contributed by atoms with E-state index in [1.807, 2.05) is 44.7 Å². The maximum absolute atomic E-state index is 12.9. The first-order valence-corrected chi connectivity index (χ1v) is 9.73. The molecule has 28 heavy (non-hydrogen) atoms. The molecule has 0 bridgehead atoms. The Balaban J connectivity index is 1.71. The molecule has 1 N–H and O–H groups in total. The van der Waals surface area contributed by atoms with Gasteiger partial charge in [-0.1, -0.05) is 6.07 Å². The molecule has 0 spiro atoms. The number of fused-ring (bicyclic) bond motifs is 1. The quantitative estimate of drug-likeness (QED) is 0.877. The van der Waals surface area contributed by atoms with E-state index in [9.17, 15) is 9.59 Å². The molecule has 0 saturated heterocycles. The number of benzene rings is 2. The van der Waals surface area contributed by atoms with Gasteiger partial charge in [-0.15, -0.1) is 0 Å². The molecule has 0 aromatic heterocycles. The number of amides is 2. The van der Waals surface area contributed by atoms with E-state index in [0.717, 1.165) is 17.7 Å². The van der Waals surface area contributed by atoms with Crippen LogP contribution in [0.4, 0.5) is 0 Å². The van der Waals surface area contributed by atoms with Crippen LogP contribution in [0.25, 0.3) is 0 Å². The van der Waals surface area contributed by atoms with E-state index in [2.05, 4.69) is 11.4 Å². The summed E-state index contributed by atoms with van der Waals surface area (Å²) in [5.74, 6) is 0.682. The summed E-state index contributed by atoms with van der Waals surface area (Å²) in [6.45, 7) is 9.65. The third-order valence-corrected chi connectivity index (χ3v) is 4.67. The molecule has 3 rings (SSSR count). The van der Waals surface area contributed by atoms with E-state index in [1.54, 1.807) is 24.3 Å². The number of nitrogens with one attached hydrogen (secondary N) is 1. The molecule has 0 unspecified atom stereocenters. The minimum absolute atomic E-state index is 0.0183. The van der Waals surface area contributed by atoms with E-state index in [-0.39, 0.29) is 17.4 Å². The van der Waals surface area contributed by atoms with E-state index in [1.165, 1.54) is 5.56 Å². The highest BCUT2D eigenvalue weighted by Crippen LogP contribution is 2.25. The summed E-state index contributed by atoms with van der Waals surface area (Å²) in [5, 5.41) is 2.93. The van der Waals surface area contributed by atoms with Crippen molar-refractivity contribution in [3.63, 3.8) is 0 Å². The average Bonchev–Trinajstić information content (AvgIpc) is 2.66. The Hall–Kier alpha value is -2.82. The summed E-state index contributed by atoms with van der Waals surface area (Å²) in [7, 11) is 0. The lowest BCUT2D eigenvalue weighted by molar-refractivity contribution is 0.0733. The molecule has 1 aliphatic heterocycles. The van der Waals surface area contributed by atoms with Crippen LogP contribution in [0.3, 0.4) is 0 Å². The fourth-order valence-electron chi connectivity index (χ4n) is 3.32. The monoisotopic (exact) mass is 380 g/mol. The van der Waals surface area contributed by atoms with Crippen LogP contribution >= 0.6 is 0 Å². The van der Waals surface area contributed by atoms with Gasteiger partial charge in [0.2, 0.25) is 0 Å². The zero-order valence-corrected chi connectivity index (χ0v) is 17.0. The second-order valence-corrected chi connectivity index (χ2v) is 8.12. The molecule has 5 heteroatoms. The normalized spacial score (nSPS) is 13.6.